The minimum Gasteiger partial charge on any atom is -0.309 e. The highest BCUT2D eigenvalue weighted by Gasteiger charge is 2.27. The van der Waals surface area contributed by atoms with Crippen LogP contribution in [0.4, 0.5) is 17.2 Å². The molecule has 50 heavy (non-hydrogen) atoms. The molecule has 9 aromatic rings. The minimum absolute atomic E-state index is 0.876. The summed E-state index contributed by atoms with van der Waals surface area (Å²) < 4.78 is 2.37. The van der Waals surface area contributed by atoms with Gasteiger partial charge in [0.15, 0.2) is 0 Å². The number of benzene rings is 7. The van der Waals surface area contributed by atoms with Crippen LogP contribution in [0.25, 0.3) is 72.1 Å². The fourth-order valence-electron chi connectivity index (χ4n) is 7.68. The van der Waals surface area contributed by atoms with Crippen LogP contribution in [0.2, 0.25) is 0 Å². The van der Waals surface area contributed by atoms with Gasteiger partial charge >= 0.3 is 0 Å². The monoisotopic (exact) mass is 637 g/mol. The highest BCUT2D eigenvalue weighted by molar-refractivity contribution is 6.10. The first-order chi connectivity index (χ1) is 24.8. The molecule has 0 aliphatic carbocycles. The standard InChI is InChI=1S/C47H31N3/c1-3-15-32(16-4-1)42-30-34(33-27-28-46-41(29-33)40-23-11-12-24-43(40)49(46)35-17-5-2-6-18-35)31-47(48-42)50-44-25-13-9-21-38(44)36-19-7-8-20-37(36)39-22-10-14-26-45(39)50/h1-31H. The summed E-state index contributed by atoms with van der Waals surface area (Å²) in [7, 11) is 0. The second-order valence-electron chi connectivity index (χ2n) is 12.8. The van der Waals surface area contributed by atoms with Crippen molar-refractivity contribution in [3.63, 3.8) is 0 Å². The molecule has 3 heteroatoms. The first-order valence-corrected chi connectivity index (χ1v) is 17.1. The molecule has 234 valence electrons. The number of aromatic nitrogens is 2. The molecule has 1 aliphatic rings. The average molecular weight is 638 g/mol. The quantitative estimate of drug-likeness (QED) is 0.191. The SMILES string of the molecule is c1ccc(-c2cc(-c3ccc4c(c3)c3ccccc3n4-c3ccccc3)cc(N3c4ccccc4-c4ccccc4-c4ccccc43)n2)cc1. The van der Waals surface area contributed by atoms with Crippen molar-refractivity contribution >= 4 is 39.0 Å². The summed E-state index contributed by atoms with van der Waals surface area (Å²) in [6, 6.07) is 67.4. The average Bonchev–Trinajstić information content (AvgIpc) is 3.46. The van der Waals surface area contributed by atoms with E-state index in [2.05, 4.69) is 198 Å². The zero-order valence-electron chi connectivity index (χ0n) is 27.2. The van der Waals surface area contributed by atoms with Gasteiger partial charge in [-0.2, -0.15) is 0 Å². The Bertz CT molecular complexity index is 2640. The lowest BCUT2D eigenvalue weighted by Crippen LogP contribution is -2.13. The van der Waals surface area contributed by atoms with Gasteiger partial charge in [-0.3, -0.25) is 4.90 Å². The van der Waals surface area contributed by atoms with Gasteiger partial charge in [0.2, 0.25) is 0 Å². The number of para-hydroxylation sites is 4. The number of hydrogen-bond donors (Lipinski definition) is 0. The number of nitrogens with zero attached hydrogens (tertiary/aromatic N) is 3. The Balaban J connectivity index is 1.23. The van der Waals surface area contributed by atoms with Gasteiger partial charge < -0.3 is 4.57 Å². The molecule has 0 fully saturated rings. The van der Waals surface area contributed by atoms with E-state index in [0.29, 0.717) is 0 Å². The van der Waals surface area contributed by atoms with Crippen LogP contribution < -0.4 is 4.90 Å². The first-order valence-electron chi connectivity index (χ1n) is 17.1. The molecule has 0 amide bonds. The molecule has 0 atom stereocenters. The summed E-state index contributed by atoms with van der Waals surface area (Å²) in [5.41, 5.74) is 14.8. The van der Waals surface area contributed by atoms with Crippen LogP contribution in [-0.4, -0.2) is 9.55 Å². The number of fused-ring (bicyclic) bond motifs is 8. The van der Waals surface area contributed by atoms with Gasteiger partial charge in [0.1, 0.15) is 5.82 Å². The zero-order chi connectivity index (χ0) is 33.0. The normalized spacial score (nSPS) is 12.0. The van der Waals surface area contributed by atoms with Crippen LogP contribution in [0.5, 0.6) is 0 Å². The molecule has 3 nitrogen and oxygen atoms in total. The Morgan fingerprint density at radius 1 is 0.360 bits per heavy atom. The van der Waals surface area contributed by atoms with Crippen molar-refractivity contribution in [1.82, 2.24) is 9.55 Å². The lowest BCUT2D eigenvalue weighted by atomic mass is 9.95. The molecular weight excluding hydrogens is 607 g/mol. The summed E-state index contributed by atoms with van der Waals surface area (Å²) in [6.45, 7) is 0. The summed E-state index contributed by atoms with van der Waals surface area (Å²) in [6.07, 6.45) is 0. The topological polar surface area (TPSA) is 21.1 Å². The van der Waals surface area contributed by atoms with Crippen molar-refractivity contribution in [2.24, 2.45) is 0 Å². The molecule has 3 heterocycles. The third-order valence-electron chi connectivity index (χ3n) is 9.93. The molecule has 0 saturated carbocycles. The third-order valence-corrected chi connectivity index (χ3v) is 9.93. The number of hydrogen-bond acceptors (Lipinski definition) is 2. The van der Waals surface area contributed by atoms with Crippen molar-refractivity contribution in [2.45, 2.75) is 0 Å². The summed E-state index contributed by atoms with van der Waals surface area (Å²) in [5.74, 6) is 0.876. The van der Waals surface area contributed by atoms with Crippen LogP contribution in [-0.2, 0) is 0 Å². The maximum absolute atomic E-state index is 5.43. The lowest BCUT2D eigenvalue weighted by Gasteiger charge is -2.27. The van der Waals surface area contributed by atoms with E-state index < -0.39 is 0 Å². The molecular formula is C47H31N3. The predicted molar refractivity (Wildman–Crippen MR) is 209 cm³/mol. The number of pyridine rings is 1. The van der Waals surface area contributed by atoms with Crippen molar-refractivity contribution in [2.75, 3.05) is 4.90 Å². The van der Waals surface area contributed by atoms with Crippen molar-refractivity contribution in [3.05, 3.63) is 188 Å². The van der Waals surface area contributed by atoms with Gasteiger partial charge in [-0.05, 0) is 76.9 Å². The van der Waals surface area contributed by atoms with E-state index in [-0.39, 0.29) is 0 Å². The fourth-order valence-corrected chi connectivity index (χ4v) is 7.68. The molecule has 0 N–H and O–H groups in total. The van der Waals surface area contributed by atoms with Crippen LogP contribution in [0.15, 0.2) is 188 Å². The molecule has 0 unspecified atom stereocenters. The van der Waals surface area contributed by atoms with Crippen LogP contribution in [0.1, 0.15) is 0 Å². The second-order valence-corrected chi connectivity index (χ2v) is 12.8. The van der Waals surface area contributed by atoms with Crippen LogP contribution in [0, 0.1) is 0 Å². The molecule has 1 aliphatic heterocycles. The molecule has 0 radical (unpaired) electrons. The van der Waals surface area contributed by atoms with Crippen molar-refractivity contribution < 1.29 is 0 Å². The second kappa shape index (κ2) is 11.5. The fraction of sp³-hybridized carbons (Fsp3) is 0. The maximum atomic E-state index is 5.43. The molecule has 0 bridgehead atoms. The molecule has 2 aromatic heterocycles. The van der Waals surface area contributed by atoms with E-state index in [0.717, 1.165) is 45.3 Å². The third kappa shape index (κ3) is 4.48. The van der Waals surface area contributed by atoms with Crippen molar-refractivity contribution in [1.29, 1.82) is 0 Å². The van der Waals surface area contributed by atoms with Gasteiger partial charge in [-0.1, -0.05) is 133 Å². The molecule has 0 spiro atoms. The highest BCUT2D eigenvalue weighted by Crippen LogP contribution is 2.50. The van der Waals surface area contributed by atoms with E-state index in [1.807, 2.05) is 0 Å². The summed E-state index contributed by atoms with van der Waals surface area (Å²) in [5, 5.41) is 2.46. The molecule has 7 aromatic carbocycles. The zero-order valence-corrected chi connectivity index (χ0v) is 27.2. The minimum atomic E-state index is 0.876. The smallest absolute Gasteiger partial charge is 0.138 e. The summed E-state index contributed by atoms with van der Waals surface area (Å²) >= 11 is 0. The van der Waals surface area contributed by atoms with E-state index in [9.17, 15) is 0 Å². The van der Waals surface area contributed by atoms with Gasteiger partial charge in [-0.15, -0.1) is 0 Å². The van der Waals surface area contributed by atoms with E-state index >= 15 is 0 Å². The van der Waals surface area contributed by atoms with E-state index in [4.69, 9.17) is 4.98 Å². The van der Waals surface area contributed by atoms with Crippen LogP contribution in [0.3, 0.4) is 0 Å². The van der Waals surface area contributed by atoms with Crippen molar-refractivity contribution in [3.8, 4) is 50.3 Å². The Hall–Kier alpha value is -6.71. The van der Waals surface area contributed by atoms with Gasteiger partial charge in [0.25, 0.3) is 0 Å². The lowest BCUT2D eigenvalue weighted by molar-refractivity contribution is 1.18. The number of anilines is 3. The molecule has 10 rings (SSSR count). The van der Waals surface area contributed by atoms with E-state index in [1.165, 1.54) is 44.1 Å². The Labute approximate surface area is 291 Å². The maximum Gasteiger partial charge on any atom is 0.138 e. The van der Waals surface area contributed by atoms with E-state index in [1.54, 1.807) is 0 Å². The largest absolute Gasteiger partial charge is 0.309 e. The first kappa shape index (κ1) is 28.3. The Morgan fingerprint density at radius 2 is 0.920 bits per heavy atom. The van der Waals surface area contributed by atoms with Crippen LogP contribution >= 0.6 is 0 Å². The molecule has 0 saturated heterocycles. The Morgan fingerprint density at radius 3 is 1.62 bits per heavy atom. The number of rotatable bonds is 4. The predicted octanol–water partition coefficient (Wildman–Crippen LogP) is 12.6. The Kier molecular flexibility index (Phi) is 6.49. The van der Waals surface area contributed by atoms with Gasteiger partial charge in [0.05, 0.1) is 28.1 Å². The van der Waals surface area contributed by atoms with Gasteiger partial charge in [-0.25, -0.2) is 4.98 Å². The summed E-state index contributed by atoms with van der Waals surface area (Å²) in [4.78, 5) is 7.78. The van der Waals surface area contributed by atoms with Gasteiger partial charge in [0, 0.05) is 33.2 Å². The highest BCUT2D eigenvalue weighted by atomic mass is 15.2.